The maximum atomic E-state index is 13.1. The zero-order valence-corrected chi connectivity index (χ0v) is 22.8. The second kappa shape index (κ2) is 13.0. The molecule has 1 saturated heterocycles. The van der Waals surface area contributed by atoms with Crippen LogP contribution in [0.3, 0.4) is 0 Å². The lowest BCUT2D eigenvalue weighted by molar-refractivity contribution is -0.168. The molecule has 0 bridgehead atoms. The van der Waals surface area contributed by atoms with Gasteiger partial charge in [0.05, 0.1) is 6.04 Å². The van der Waals surface area contributed by atoms with Gasteiger partial charge in [-0.2, -0.15) is 0 Å². The van der Waals surface area contributed by atoms with Crippen LogP contribution in [-0.4, -0.2) is 78.0 Å². The highest BCUT2D eigenvalue weighted by Crippen LogP contribution is 2.41. The summed E-state index contributed by atoms with van der Waals surface area (Å²) in [7, 11) is 0. The molecule has 15 heteroatoms. The number of nitrogens with two attached hydrogens (primary N) is 1. The first kappa shape index (κ1) is 30.1. The number of para-hydroxylation sites is 1. The first-order valence-electron chi connectivity index (χ1n) is 11.8. The van der Waals surface area contributed by atoms with Crippen molar-refractivity contribution < 1.29 is 47.7 Å². The van der Waals surface area contributed by atoms with Gasteiger partial charge in [-0.3, -0.25) is 24.1 Å². The summed E-state index contributed by atoms with van der Waals surface area (Å²) in [5, 5.41) is 2.05. The summed E-state index contributed by atoms with van der Waals surface area (Å²) >= 11 is 1.28. The van der Waals surface area contributed by atoms with Gasteiger partial charge in [0.25, 0.3) is 5.91 Å². The number of hydrogen-bond donors (Lipinski definition) is 2. The Morgan fingerprint density at radius 3 is 2.69 bits per heavy atom. The van der Waals surface area contributed by atoms with Crippen LogP contribution in [-0.2, 0) is 44.6 Å². The number of benzene rings is 1. The number of rotatable bonds is 10. The van der Waals surface area contributed by atoms with E-state index in [0.717, 1.165) is 0 Å². The minimum absolute atomic E-state index is 0. The number of β-lactam (4-membered cyclic amide) rings is 1. The van der Waals surface area contributed by atoms with Gasteiger partial charge >= 0.3 is 17.9 Å². The lowest BCUT2D eigenvalue weighted by Gasteiger charge is -2.49. The van der Waals surface area contributed by atoms with Crippen LogP contribution in [0, 0.1) is 0 Å². The Morgan fingerprint density at radius 2 is 1.97 bits per heavy atom. The molecule has 0 aliphatic carbocycles. The first-order chi connectivity index (χ1) is 18.2. The first-order valence-corrected chi connectivity index (χ1v) is 12.8. The summed E-state index contributed by atoms with van der Waals surface area (Å²) in [5.74, 6) is -1.83. The van der Waals surface area contributed by atoms with Gasteiger partial charge in [-0.15, -0.1) is 24.2 Å². The average molecular weight is 586 g/mol. The van der Waals surface area contributed by atoms with E-state index in [2.05, 4.69) is 5.32 Å². The fourth-order valence-corrected chi connectivity index (χ4v) is 5.36. The topological polar surface area (TPSA) is 173 Å². The number of thioether (sulfide) groups is 1. The number of amides is 2. The van der Waals surface area contributed by atoms with Crippen molar-refractivity contribution in [2.75, 3.05) is 25.9 Å². The summed E-state index contributed by atoms with van der Waals surface area (Å²) in [4.78, 5) is 62.6. The van der Waals surface area contributed by atoms with E-state index in [4.69, 9.17) is 29.4 Å². The number of carbonyl (C=O) groups excluding carboxylic acids is 5. The molecule has 1 fully saturated rings. The van der Waals surface area contributed by atoms with Crippen LogP contribution in [0.25, 0.3) is 0 Å². The van der Waals surface area contributed by atoms with Gasteiger partial charge in [-0.1, -0.05) is 19.1 Å². The third kappa shape index (κ3) is 6.57. The van der Waals surface area contributed by atoms with Gasteiger partial charge in [0.15, 0.2) is 11.5 Å². The van der Waals surface area contributed by atoms with E-state index < -0.39 is 54.0 Å². The Balaban J connectivity index is 0.00000420. The Hall–Kier alpha value is -3.49. The van der Waals surface area contributed by atoms with Gasteiger partial charge < -0.3 is 34.7 Å². The quantitative estimate of drug-likeness (QED) is 0.220. The second-order valence-corrected chi connectivity index (χ2v) is 9.61. The van der Waals surface area contributed by atoms with Gasteiger partial charge in [0, 0.05) is 36.7 Å². The molecule has 3 aliphatic heterocycles. The highest BCUT2D eigenvalue weighted by Gasteiger charge is 2.54. The molecule has 1 aromatic carbocycles. The second-order valence-electron chi connectivity index (χ2n) is 8.51. The van der Waals surface area contributed by atoms with E-state index in [1.54, 1.807) is 25.1 Å². The van der Waals surface area contributed by atoms with Crippen LogP contribution in [0.5, 0.6) is 11.5 Å². The van der Waals surface area contributed by atoms with Gasteiger partial charge in [0.2, 0.25) is 19.5 Å². The molecule has 0 spiro atoms. The van der Waals surface area contributed by atoms with Crippen LogP contribution in [0.4, 0.5) is 0 Å². The molecule has 212 valence electrons. The fraction of sp³-hybridized carbons (Fsp3) is 0.458. The molecule has 0 radical (unpaired) electrons. The van der Waals surface area contributed by atoms with Crippen molar-refractivity contribution in [2.45, 2.75) is 44.1 Å². The van der Waals surface area contributed by atoms with Crippen molar-refractivity contribution in [3.05, 3.63) is 35.0 Å². The molecule has 0 aromatic heterocycles. The molecule has 4 rings (SSSR count). The minimum atomic E-state index is -0.978. The SMILES string of the molecule is CCC(=O)OCOC(=O)C1=C(COC(C)=O)CS[C@@H]2[C@H](NC(=O)C(N)Cc3cccc4c3OCO4)C(=O)N12.Cl. The fourth-order valence-electron chi connectivity index (χ4n) is 4.03. The van der Waals surface area contributed by atoms with E-state index in [-0.39, 0.29) is 50.1 Å². The number of carbonyl (C=O) groups is 5. The standard InChI is InChI=1S/C24H27N3O10S.ClH/c1-3-17(29)35-11-37-24(32)19-14(8-33-12(2)28)9-38-23-18(22(31)27(19)23)26-21(30)15(25)7-13-5-4-6-16-20(13)36-10-34-16;/h4-6,15,18,23H,3,7-11,25H2,1-2H3,(H,26,30);1H/t15?,18-,23-;/m1./s1. The summed E-state index contributed by atoms with van der Waals surface area (Å²) in [6, 6.07) is 3.38. The number of halogens is 1. The van der Waals surface area contributed by atoms with Gasteiger partial charge in [-0.25, -0.2) is 4.79 Å². The molecule has 3 N–H and O–H groups in total. The lowest BCUT2D eigenvalue weighted by Crippen LogP contribution is -2.71. The van der Waals surface area contributed by atoms with Gasteiger partial charge in [0.1, 0.15) is 23.7 Å². The minimum Gasteiger partial charge on any atom is -0.461 e. The number of hydrogen-bond acceptors (Lipinski definition) is 12. The molecule has 1 unspecified atom stereocenters. The Labute approximate surface area is 234 Å². The lowest BCUT2D eigenvalue weighted by atomic mass is 10.0. The van der Waals surface area contributed by atoms with Crippen molar-refractivity contribution in [2.24, 2.45) is 5.73 Å². The van der Waals surface area contributed by atoms with Crippen LogP contribution in [0.1, 0.15) is 25.8 Å². The molecular weight excluding hydrogens is 558 g/mol. The molecule has 13 nitrogen and oxygen atoms in total. The Kier molecular flexibility index (Phi) is 10.1. The molecule has 0 saturated carbocycles. The number of nitrogens with zero attached hydrogens (tertiary/aromatic N) is 1. The molecule has 39 heavy (non-hydrogen) atoms. The summed E-state index contributed by atoms with van der Waals surface area (Å²) in [6.45, 7) is 2.02. The van der Waals surface area contributed by atoms with E-state index >= 15 is 0 Å². The van der Waals surface area contributed by atoms with E-state index in [1.807, 2.05) is 0 Å². The number of esters is 3. The van der Waals surface area contributed by atoms with E-state index in [1.165, 1.54) is 23.6 Å². The Morgan fingerprint density at radius 1 is 1.21 bits per heavy atom. The van der Waals surface area contributed by atoms with Crippen molar-refractivity contribution in [3.8, 4) is 11.5 Å². The van der Waals surface area contributed by atoms with Crippen LogP contribution in [0.15, 0.2) is 29.5 Å². The van der Waals surface area contributed by atoms with E-state index in [0.29, 0.717) is 22.6 Å². The van der Waals surface area contributed by atoms with Gasteiger partial charge in [-0.05, 0) is 6.07 Å². The van der Waals surface area contributed by atoms with Crippen molar-refractivity contribution in [1.82, 2.24) is 10.2 Å². The molecule has 3 aliphatic rings. The van der Waals surface area contributed by atoms with Crippen LogP contribution >= 0.6 is 24.2 Å². The monoisotopic (exact) mass is 585 g/mol. The Bertz CT molecular complexity index is 1190. The number of fused-ring (bicyclic) bond motifs is 2. The predicted octanol–water partition coefficient (Wildman–Crippen LogP) is 0.378. The number of ether oxygens (including phenoxy) is 5. The maximum Gasteiger partial charge on any atom is 0.358 e. The van der Waals surface area contributed by atoms with Crippen molar-refractivity contribution in [1.29, 1.82) is 0 Å². The molecular formula is C24H28ClN3O10S. The highest BCUT2D eigenvalue weighted by molar-refractivity contribution is 8.00. The van der Waals surface area contributed by atoms with Crippen molar-refractivity contribution in [3.63, 3.8) is 0 Å². The number of nitrogens with one attached hydrogen (secondary N) is 1. The normalized spacial score (nSPS) is 19.7. The zero-order chi connectivity index (χ0) is 27.4. The molecule has 2 amide bonds. The predicted molar refractivity (Wildman–Crippen MR) is 138 cm³/mol. The molecule has 3 atom stereocenters. The maximum absolute atomic E-state index is 13.1. The van der Waals surface area contributed by atoms with Crippen LogP contribution < -0.4 is 20.5 Å². The zero-order valence-electron chi connectivity index (χ0n) is 21.1. The summed E-state index contributed by atoms with van der Waals surface area (Å²) in [6.07, 6.45) is 0.250. The summed E-state index contributed by atoms with van der Waals surface area (Å²) < 4.78 is 25.7. The largest absolute Gasteiger partial charge is 0.461 e. The third-order valence-corrected chi connectivity index (χ3v) is 7.28. The van der Waals surface area contributed by atoms with Crippen LogP contribution in [0.2, 0.25) is 0 Å². The van der Waals surface area contributed by atoms with E-state index in [9.17, 15) is 24.0 Å². The summed E-state index contributed by atoms with van der Waals surface area (Å²) in [5.41, 5.74) is 7.06. The average Bonchev–Trinajstić information content (AvgIpc) is 3.39. The molecule has 1 aromatic rings. The third-order valence-electron chi connectivity index (χ3n) is 5.94. The molecule has 3 heterocycles. The van der Waals surface area contributed by atoms with Crippen molar-refractivity contribution >= 4 is 53.9 Å². The highest BCUT2D eigenvalue weighted by atomic mass is 35.5. The smallest absolute Gasteiger partial charge is 0.358 e.